The van der Waals surface area contributed by atoms with Gasteiger partial charge in [-0.05, 0) is 43.7 Å². The van der Waals surface area contributed by atoms with Crippen molar-refractivity contribution in [3.8, 4) is 16.9 Å². The number of hydrogen-bond donors (Lipinski definition) is 2. The van der Waals surface area contributed by atoms with Gasteiger partial charge in [-0.2, -0.15) is 8.78 Å². The van der Waals surface area contributed by atoms with Crippen molar-refractivity contribution in [2.45, 2.75) is 44.6 Å². The van der Waals surface area contributed by atoms with Crippen LogP contribution in [0.5, 0.6) is 5.75 Å². The number of imidazole rings is 1. The van der Waals surface area contributed by atoms with E-state index in [-0.39, 0.29) is 17.2 Å². The zero-order valence-corrected chi connectivity index (χ0v) is 19.0. The lowest BCUT2D eigenvalue weighted by atomic mass is 10.0. The van der Waals surface area contributed by atoms with E-state index in [0.717, 1.165) is 11.1 Å². The van der Waals surface area contributed by atoms with E-state index < -0.39 is 24.4 Å². The fourth-order valence-electron chi connectivity index (χ4n) is 4.36. The Morgan fingerprint density at radius 3 is 2.56 bits per heavy atom. The summed E-state index contributed by atoms with van der Waals surface area (Å²) in [4.78, 5) is 13.1. The summed E-state index contributed by atoms with van der Waals surface area (Å²) in [7, 11) is 0. The largest absolute Gasteiger partial charge is 0.434 e. The summed E-state index contributed by atoms with van der Waals surface area (Å²) in [5.74, 6) is 0.686. The number of aromatic nitrogens is 4. The monoisotopic (exact) mass is 486 g/mol. The van der Waals surface area contributed by atoms with Crippen LogP contribution in [0.25, 0.3) is 22.2 Å². The maximum atomic E-state index is 13.1. The number of alkyl halides is 2. The molecule has 4 aromatic rings. The van der Waals surface area contributed by atoms with Crippen LogP contribution < -0.4 is 4.74 Å². The van der Waals surface area contributed by atoms with Crippen LogP contribution in [0.4, 0.5) is 8.78 Å². The second-order valence-electron chi connectivity index (χ2n) is 8.70. The molecule has 2 aromatic heterocycles. The van der Waals surface area contributed by atoms with Gasteiger partial charge in [0.15, 0.2) is 5.82 Å². The van der Waals surface area contributed by atoms with E-state index in [0.29, 0.717) is 28.2 Å². The van der Waals surface area contributed by atoms with Crippen molar-refractivity contribution in [2.75, 3.05) is 0 Å². The molecule has 2 atom stereocenters. The lowest BCUT2D eigenvalue weighted by molar-refractivity contribution is -0.0507. The number of nitrogens with zero attached hydrogens (tertiary/aromatic N) is 4. The lowest BCUT2D eigenvalue weighted by Gasteiger charge is -2.20. The van der Waals surface area contributed by atoms with Gasteiger partial charge in [-0.3, -0.25) is 0 Å². The molecule has 0 amide bonds. The average Bonchev–Trinajstić information content (AvgIpc) is 3.30. The molecule has 7 nitrogen and oxygen atoms in total. The van der Waals surface area contributed by atoms with Gasteiger partial charge < -0.3 is 19.5 Å². The summed E-state index contributed by atoms with van der Waals surface area (Å²) in [6.07, 6.45) is 2.57. The highest BCUT2D eigenvalue weighted by Crippen LogP contribution is 2.46. The smallest absolute Gasteiger partial charge is 0.387 e. The summed E-state index contributed by atoms with van der Waals surface area (Å²) >= 11 is 6.43. The van der Waals surface area contributed by atoms with Crippen LogP contribution in [-0.2, 0) is 5.60 Å². The van der Waals surface area contributed by atoms with Gasteiger partial charge in [0.2, 0.25) is 0 Å². The van der Waals surface area contributed by atoms with Gasteiger partial charge in [0.25, 0.3) is 0 Å². The first-order valence-corrected chi connectivity index (χ1v) is 11.0. The zero-order valence-electron chi connectivity index (χ0n) is 18.3. The SMILES string of the molecule is CC(C)(O)c1ncc(-c2ccc3nc4n(c3c2)[C@@H](c2c(Cl)cccc2OC(F)F)C[C@@H]4O)cn1. The van der Waals surface area contributed by atoms with E-state index in [1.807, 2.05) is 22.8 Å². The first kappa shape index (κ1) is 22.6. The van der Waals surface area contributed by atoms with Gasteiger partial charge in [-0.15, -0.1) is 0 Å². The second kappa shape index (κ2) is 8.26. The Balaban J connectivity index is 1.63. The third-order valence-electron chi connectivity index (χ3n) is 5.87. The zero-order chi connectivity index (χ0) is 24.2. The Morgan fingerprint density at radius 2 is 1.88 bits per heavy atom. The Hall–Kier alpha value is -3.14. The van der Waals surface area contributed by atoms with E-state index in [4.69, 9.17) is 16.3 Å². The third-order valence-corrected chi connectivity index (χ3v) is 6.20. The first-order chi connectivity index (χ1) is 16.1. The molecule has 0 unspecified atom stereocenters. The molecule has 176 valence electrons. The van der Waals surface area contributed by atoms with Crippen LogP contribution in [0.3, 0.4) is 0 Å². The Bertz CT molecular complexity index is 1370. The van der Waals surface area contributed by atoms with Crippen LogP contribution in [-0.4, -0.2) is 36.3 Å². The highest BCUT2D eigenvalue weighted by molar-refractivity contribution is 6.31. The molecule has 2 N–H and O–H groups in total. The number of aliphatic hydroxyl groups is 2. The van der Waals surface area contributed by atoms with Crippen molar-refractivity contribution in [1.82, 2.24) is 19.5 Å². The molecule has 0 fully saturated rings. The molecule has 1 aliphatic heterocycles. The predicted octanol–water partition coefficient (Wildman–Crippen LogP) is 5.00. The summed E-state index contributed by atoms with van der Waals surface area (Å²) in [6.45, 7) is 0.201. The van der Waals surface area contributed by atoms with E-state index in [1.165, 1.54) is 12.1 Å². The van der Waals surface area contributed by atoms with Gasteiger partial charge in [0.05, 0.1) is 17.1 Å². The second-order valence-corrected chi connectivity index (χ2v) is 9.10. The number of fused-ring (bicyclic) bond motifs is 3. The minimum Gasteiger partial charge on any atom is -0.434 e. The van der Waals surface area contributed by atoms with Crippen LogP contribution in [0.15, 0.2) is 48.8 Å². The van der Waals surface area contributed by atoms with E-state index in [9.17, 15) is 19.0 Å². The fraction of sp³-hybridized carbons (Fsp3) is 0.292. The van der Waals surface area contributed by atoms with E-state index in [2.05, 4.69) is 15.0 Å². The maximum absolute atomic E-state index is 13.1. The summed E-state index contributed by atoms with van der Waals surface area (Å²) in [5.41, 5.74) is 2.06. The first-order valence-electron chi connectivity index (χ1n) is 10.6. The van der Waals surface area contributed by atoms with Gasteiger partial charge in [-0.1, -0.05) is 23.7 Å². The van der Waals surface area contributed by atoms with Crippen LogP contribution in [0.2, 0.25) is 5.02 Å². The van der Waals surface area contributed by atoms with Crippen molar-refractivity contribution >= 4 is 22.6 Å². The number of ether oxygens (including phenoxy) is 1. The Labute approximate surface area is 198 Å². The molecule has 1 aliphatic rings. The molecule has 0 bridgehead atoms. The molecule has 0 saturated carbocycles. The summed E-state index contributed by atoms with van der Waals surface area (Å²) in [5, 5.41) is 21.1. The quantitative estimate of drug-likeness (QED) is 0.412. The van der Waals surface area contributed by atoms with Crippen molar-refractivity contribution < 1.29 is 23.7 Å². The minimum absolute atomic E-state index is 0.0406. The summed E-state index contributed by atoms with van der Waals surface area (Å²) in [6, 6.07) is 9.57. The molecule has 2 aromatic carbocycles. The number of halogens is 3. The number of benzene rings is 2. The van der Waals surface area contributed by atoms with Gasteiger partial charge in [0.1, 0.15) is 23.3 Å². The highest BCUT2D eigenvalue weighted by atomic mass is 35.5. The standard InChI is InChI=1S/C24H21ClF2N4O3/c1-24(2,33)22-28-10-13(11-29-22)12-6-7-15-16(8-12)31-17(9-18(32)21(31)30-15)20-14(25)4-3-5-19(20)34-23(26)27/h3-8,10-11,17-18,23,32-33H,9H2,1-2H3/t17-,18+/m1/s1. The molecular formula is C24H21ClF2N4O3. The number of rotatable bonds is 5. The molecule has 5 rings (SSSR count). The van der Waals surface area contributed by atoms with Gasteiger partial charge in [0, 0.05) is 35.0 Å². The molecule has 34 heavy (non-hydrogen) atoms. The lowest BCUT2D eigenvalue weighted by Crippen LogP contribution is -2.19. The fourth-order valence-corrected chi connectivity index (χ4v) is 4.65. The molecular weight excluding hydrogens is 466 g/mol. The van der Waals surface area contributed by atoms with Gasteiger partial charge >= 0.3 is 6.61 Å². The molecule has 0 aliphatic carbocycles. The van der Waals surface area contributed by atoms with Gasteiger partial charge in [-0.25, -0.2) is 15.0 Å². The average molecular weight is 487 g/mol. The van der Waals surface area contributed by atoms with Crippen LogP contribution >= 0.6 is 11.6 Å². The predicted molar refractivity (Wildman–Crippen MR) is 122 cm³/mol. The topological polar surface area (TPSA) is 93.3 Å². The van der Waals surface area contributed by atoms with Crippen molar-refractivity contribution in [1.29, 1.82) is 0 Å². The molecule has 0 radical (unpaired) electrons. The van der Waals surface area contributed by atoms with Crippen molar-refractivity contribution in [3.05, 3.63) is 71.0 Å². The molecule has 10 heteroatoms. The number of hydrogen-bond acceptors (Lipinski definition) is 6. The molecule has 0 spiro atoms. The highest BCUT2D eigenvalue weighted by Gasteiger charge is 2.37. The Morgan fingerprint density at radius 1 is 1.15 bits per heavy atom. The van der Waals surface area contributed by atoms with Crippen LogP contribution in [0.1, 0.15) is 49.6 Å². The van der Waals surface area contributed by atoms with Crippen LogP contribution in [0, 0.1) is 0 Å². The summed E-state index contributed by atoms with van der Waals surface area (Å²) < 4.78 is 32.7. The minimum atomic E-state index is -3.01. The van der Waals surface area contributed by atoms with Crippen molar-refractivity contribution in [3.63, 3.8) is 0 Å². The molecule has 3 heterocycles. The van der Waals surface area contributed by atoms with E-state index in [1.54, 1.807) is 32.3 Å². The third kappa shape index (κ3) is 3.89. The molecule has 0 saturated heterocycles. The van der Waals surface area contributed by atoms with E-state index >= 15 is 0 Å². The normalized spacial score (nSPS) is 18.0. The number of aliphatic hydroxyl groups excluding tert-OH is 1. The van der Waals surface area contributed by atoms with Crippen molar-refractivity contribution in [2.24, 2.45) is 0 Å². The maximum Gasteiger partial charge on any atom is 0.387 e. The Kier molecular flexibility index (Phi) is 5.50.